The number of hydrogen-bond acceptors (Lipinski definition) is 7. The van der Waals surface area contributed by atoms with E-state index in [4.69, 9.17) is 10.2 Å². The number of aliphatic carboxylic acids is 2. The third-order valence-corrected chi connectivity index (χ3v) is 6.31. The Hall–Kier alpha value is -2.98. The molecule has 3 aromatic heterocycles. The van der Waals surface area contributed by atoms with Gasteiger partial charge in [0, 0.05) is 24.1 Å². The smallest absolute Gasteiger partial charge is 0.328 e. The summed E-state index contributed by atoms with van der Waals surface area (Å²) in [6, 6.07) is 3.61. The Kier molecular flexibility index (Phi) is 7.24. The molecule has 10 heteroatoms. The fourth-order valence-corrected chi connectivity index (χ4v) is 4.51. The van der Waals surface area contributed by atoms with Gasteiger partial charge in [-0.1, -0.05) is 25.6 Å². The van der Waals surface area contributed by atoms with Gasteiger partial charge >= 0.3 is 11.9 Å². The van der Waals surface area contributed by atoms with E-state index in [1.54, 1.807) is 23.6 Å². The van der Waals surface area contributed by atoms with Gasteiger partial charge in [0.1, 0.15) is 10.7 Å². The Labute approximate surface area is 186 Å². The number of pyridine rings is 1. The van der Waals surface area contributed by atoms with Crippen molar-refractivity contribution in [1.82, 2.24) is 14.4 Å². The van der Waals surface area contributed by atoms with Gasteiger partial charge in [-0.15, -0.1) is 11.3 Å². The van der Waals surface area contributed by atoms with Crippen LogP contribution in [0, 0.1) is 0 Å². The number of aryl methyl sites for hydroxylation is 2. The fourth-order valence-electron chi connectivity index (χ4n) is 2.82. The summed E-state index contributed by atoms with van der Waals surface area (Å²) in [5.74, 6) is -2.18. The molecule has 0 atom stereocenters. The summed E-state index contributed by atoms with van der Waals surface area (Å²) in [4.78, 5) is 43.8. The lowest BCUT2D eigenvalue weighted by atomic mass is 10.1. The van der Waals surface area contributed by atoms with Gasteiger partial charge in [-0.2, -0.15) is 0 Å². The highest BCUT2D eigenvalue weighted by Crippen LogP contribution is 2.22. The van der Waals surface area contributed by atoms with Crippen LogP contribution in [0.25, 0.3) is 11.7 Å². The first kappa shape index (κ1) is 22.7. The van der Waals surface area contributed by atoms with Crippen LogP contribution in [0.3, 0.4) is 0 Å². The lowest BCUT2D eigenvalue weighted by Crippen LogP contribution is -2.19. The summed E-state index contributed by atoms with van der Waals surface area (Å²) in [7, 11) is 0. The largest absolute Gasteiger partial charge is 0.481 e. The van der Waals surface area contributed by atoms with Crippen LogP contribution in [0.4, 0.5) is 0 Å². The van der Waals surface area contributed by atoms with E-state index in [2.05, 4.69) is 29.2 Å². The molecule has 0 aliphatic heterocycles. The van der Waals surface area contributed by atoms with Crippen molar-refractivity contribution in [2.24, 2.45) is 0 Å². The molecule has 0 saturated carbocycles. The van der Waals surface area contributed by atoms with E-state index in [0.29, 0.717) is 11.6 Å². The zero-order valence-electron chi connectivity index (χ0n) is 16.9. The average molecular weight is 460 g/mol. The maximum absolute atomic E-state index is 12.9. The number of rotatable bonds is 9. The average Bonchev–Trinajstić information content (AvgIpc) is 3.19. The third kappa shape index (κ3) is 5.80. The van der Waals surface area contributed by atoms with Gasteiger partial charge in [0.05, 0.1) is 22.0 Å². The molecule has 162 valence electrons. The van der Waals surface area contributed by atoms with Crippen molar-refractivity contribution in [3.8, 4) is 0 Å². The molecule has 0 aliphatic carbocycles. The minimum absolute atomic E-state index is 0.0444. The van der Waals surface area contributed by atoms with Gasteiger partial charge < -0.3 is 10.2 Å². The van der Waals surface area contributed by atoms with E-state index in [1.165, 1.54) is 4.40 Å². The van der Waals surface area contributed by atoms with Crippen molar-refractivity contribution in [3.05, 3.63) is 62.0 Å². The zero-order valence-corrected chi connectivity index (χ0v) is 18.6. The van der Waals surface area contributed by atoms with Gasteiger partial charge in [0.15, 0.2) is 0 Å². The Bertz CT molecular complexity index is 1210. The van der Waals surface area contributed by atoms with Crippen LogP contribution >= 0.6 is 23.1 Å². The molecule has 3 rings (SSSR count). The topological polar surface area (TPSA) is 122 Å². The first-order valence-electron chi connectivity index (χ1n) is 9.49. The van der Waals surface area contributed by atoms with Crippen LogP contribution in [-0.4, -0.2) is 42.3 Å². The zero-order chi connectivity index (χ0) is 22.5. The van der Waals surface area contributed by atoms with E-state index >= 15 is 0 Å². The molecule has 0 bridgehead atoms. The summed E-state index contributed by atoms with van der Waals surface area (Å²) >= 11 is 2.51. The van der Waals surface area contributed by atoms with Gasteiger partial charge in [0.25, 0.3) is 5.56 Å². The molecular weight excluding hydrogens is 438 g/mol. The van der Waals surface area contributed by atoms with Gasteiger partial charge in [-0.05, 0) is 36.1 Å². The predicted octanol–water partition coefficient (Wildman–Crippen LogP) is 3.33. The van der Waals surface area contributed by atoms with E-state index in [9.17, 15) is 14.4 Å². The molecule has 0 aliphatic rings. The molecule has 2 N–H and O–H groups in total. The molecule has 0 amide bonds. The van der Waals surface area contributed by atoms with Crippen molar-refractivity contribution in [2.45, 2.75) is 37.6 Å². The molecular formula is C21H21N3O5S2. The normalized spacial score (nSPS) is 11.6. The number of hydrogen-bond donors (Lipinski definition) is 2. The maximum Gasteiger partial charge on any atom is 0.328 e. The second-order valence-electron chi connectivity index (χ2n) is 7.07. The molecule has 3 heterocycles. The van der Waals surface area contributed by atoms with Crippen LogP contribution in [0.5, 0.6) is 0 Å². The molecule has 0 saturated heterocycles. The van der Waals surface area contributed by atoms with Crippen LogP contribution < -0.4 is 5.56 Å². The van der Waals surface area contributed by atoms with E-state index < -0.39 is 17.5 Å². The van der Waals surface area contributed by atoms with Crippen LogP contribution in [0.15, 0.2) is 39.6 Å². The number of thiazole rings is 1. The molecule has 0 aromatic carbocycles. The number of aromatic nitrogens is 3. The van der Waals surface area contributed by atoms with Gasteiger partial charge in [0.2, 0.25) is 0 Å². The quantitative estimate of drug-likeness (QED) is 0.284. The van der Waals surface area contributed by atoms with Crippen molar-refractivity contribution < 1.29 is 19.8 Å². The third-order valence-electron chi connectivity index (χ3n) is 4.41. The van der Waals surface area contributed by atoms with Crippen molar-refractivity contribution >= 4 is 46.8 Å². The van der Waals surface area contributed by atoms with Crippen LogP contribution in [0.2, 0.25) is 0 Å². The molecule has 3 aromatic rings. The molecule has 8 nitrogen and oxygen atoms in total. The number of fused-ring (bicyclic) bond motifs is 1. The number of thioether (sulfide) groups is 1. The van der Waals surface area contributed by atoms with Crippen molar-refractivity contribution in [2.75, 3.05) is 5.75 Å². The Balaban J connectivity index is 1.92. The standard InChI is InChI=1S/C21H21N3O5S2/c1-12(2)15-10-30-17(22-15)5-3-13-7-8-24-16(9-13)23-20(31-11-19(27)28)14(21(24)29)4-6-18(25)26/h4,6-10,12H,3,5,11H2,1-2H3,(H,25,26)(H,27,28)/b6-4+. The summed E-state index contributed by atoms with van der Waals surface area (Å²) in [5.41, 5.74) is 2.01. The van der Waals surface area contributed by atoms with Crippen molar-refractivity contribution in [1.29, 1.82) is 0 Å². The van der Waals surface area contributed by atoms with Gasteiger partial charge in [-0.3, -0.25) is 14.0 Å². The molecule has 0 radical (unpaired) electrons. The highest BCUT2D eigenvalue weighted by atomic mass is 32.2. The van der Waals surface area contributed by atoms with Crippen LogP contribution in [-0.2, 0) is 22.4 Å². The number of nitrogens with zero attached hydrogens (tertiary/aromatic N) is 3. The van der Waals surface area contributed by atoms with Crippen LogP contribution in [0.1, 0.15) is 41.6 Å². The van der Waals surface area contributed by atoms with E-state index in [-0.39, 0.29) is 16.3 Å². The first-order chi connectivity index (χ1) is 14.7. The minimum Gasteiger partial charge on any atom is -0.481 e. The second-order valence-corrected chi connectivity index (χ2v) is 8.98. The summed E-state index contributed by atoms with van der Waals surface area (Å²) < 4.78 is 1.33. The second kappa shape index (κ2) is 9.88. The summed E-state index contributed by atoms with van der Waals surface area (Å²) in [5, 5.41) is 21.2. The monoisotopic (exact) mass is 459 g/mol. The number of carboxylic acid groups (broad SMARTS) is 2. The maximum atomic E-state index is 12.9. The Morgan fingerprint density at radius 3 is 2.68 bits per heavy atom. The molecule has 0 fully saturated rings. The highest BCUT2D eigenvalue weighted by Gasteiger charge is 2.14. The lowest BCUT2D eigenvalue weighted by molar-refractivity contribution is -0.134. The van der Waals surface area contributed by atoms with E-state index in [1.807, 2.05) is 6.07 Å². The van der Waals surface area contributed by atoms with E-state index in [0.717, 1.165) is 53.0 Å². The molecule has 0 spiro atoms. The number of carboxylic acids is 2. The number of carbonyl (C=O) groups is 2. The molecule has 31 heavy (non-hydrogen) atoms. The Morgan fingerprint density at radius 2 is 2.03 bits per heavy atom. The highest BCUT2D eigenvalue weighted by molar-refractivity contribution is 7.99. The summed E-state index contributed by atoms with van der Waals surface area (Å²) in [6.45, 7) is 4.21. The molecule has 0 unspecified atom stereocenters. The predicted molar refractivity (Wildman–Crippen MR) is 120 cm³/mol. The van der Waals surface area contributed by atoms with Crippen molar-refractivity contribution in [3.63, 3.8) is 0 Å². The first-order valence-corrected chi connectivity index (χ1v) is 11.4. The Morgan fingerprint density at radius 1 is 1.26 bits per heavy atom. The lowest BCUT2D eigenvalue weighted by Gasteiger charge is -2.09. The fraction of sp³-hybridized carbons (Fsp3) is 0.286. The minimum atomic E-state index is -1.21. The van der Waals surface area contributed by atoms with Gasteiger partial charge in [-0.25, -0.2) is 14.8 Å². The summed E-state index contributed by atoms with van der Waals surface area (Å²) in [6.07, 6.45) is 5.07. The SMILES string of the molecule is CC(C)c1csc(CCc2ccn3c(=O)c(/C=C/C(=O)O)c(SCC(=O)O)nc3c2)n1.